The smallest absolute Gasteiger partial charge is 0.273 e. The van der Waals surface area contributed by atoms with E-state index >= 15 is 0 Å². The molecule has 0 spiro atoms. The van der Waals surface area contributed by atoms with Gasteiger partial charge in [0.25, 0.3) is 11.8 Å². The van der Waals surface area contributed by atoms with Crippen LogP contribution in [0, 0.1) is 5.92 Å². The first kappa shape index (κ1) is 18.5. The molecule has 0 aliphatic heterocycles. The van der Waals surface area contributed by atoms with Crippen molar-refractivity contribution >= 4 is 28.3 Å². The van der Waals surface area contributed by atoms with Crippen LogP contribution in [0.1, 0.15) is 26.6 Å². The lowest BCUT2D eigenvalue weighted by Crippen LogP contribution is -2.44. The zero-order valence-corrected chi connectivity index (χ0v) is 14.8. The van der Waals surface area contributed by atoms with Gasteiger partial charge in [-0.3, -0.25) is 14.9 Å². The number of aliphatic hydroxyl groups is 2. The maximum absolute atomic E-state index is 12.4. The van der Waals surface area contributed by atoms with E-state index in [9.17, 15) is 19.8 Å². The molecule has 0 unspecified atom stereocenters. The van der Waals surface area contributed by atoms with Gasteiger partial charge in [-0.1, -0.05) is 11.3 Å². The third-order valence-corrected chi connectivity index (χ3v) is 5.30. The highest BCUT2D eigenvalue weighted by Gasteiger charge is 2.43. The van der Waals surface area contributed by atoms with Crippen LogP contribution < -0.4 is 10.6 Å². The Bertz CT molecular complexity index is 763. The Morgan fingerprint density at radius 3 is 2.92 bits per heavy atom. The number of ether oxygens (including phenoxy) is 1. The summed E-state index contributed by atoms with van der Waals surface area (Å²) in [5.41, 5.74) is 0.393. The van der Waals surface area contributed by atoms with Crippen LogP contribution in [-0.4, -0.2) is 64.0 Å². The van der Waals surface area contributed by atoms with Crippen molar-refractivity contribution in [2.45, 2.75) is 24.7 Å². The van der Waals surface area contributed by atoms with Gasteiger partial charge in [-0.15, -0.1) is 0 Å². The molecular weight excluding hydrogens is 360 g/mol. The maximum Gasteiger partial charge on any atom is 0.273 e. The van der Waals surface area contributed by atoms with E-state index in [0.29, 0.717) is 22.1 Å². The van der Waals surface area contributed by atoms with Crippen LogP contribution in [0.4, 0.5) is 5.13 Å². The Hall–Kier alpha value is -2.27. The predicted molar refractivity (Wildman–Crippen MR) is 94.1 cm³/mol. The molecule has 9 nitrogen and oxygen atoms in total. The lowest BCUT2D eigenvalue weighted by Gasteiger charge is -2.21. The summed E-state index contributed by atoms with van der Waals surface area (Å²) in [6.45, 7) is -0.178. The highest BCUT2D eigenvalue weighted by atomic mass is 32.1. The minimum atomic E-state index is -0.840. The van der Waals surface area contributed by atoms with Crippen LogP contribution in [-0.2, 0) is 4.74 Å². The number of aromatic amines is 1. The first-order chi connectivity index (χ1) is 12.5. The molecule has 2 aromatic rings. The summed E-state index contributed by atoms with van der Waals surface area (Å²) in [4.78, 5) is 31.6. The third-order valence-electron chi connectivity index (χ3n) is 4.39. The number of H-pyrrole nitrogens is 1. The molecule has 1 saturated carbocycles. The minimum Gasteiger partial charge on any atom is -0.396 e. The molecule has 26 heavy (non-hydrogen) atoms. The fourth-order valence-electron chi connectivity index (χ4n) is 3.05. The summed E-state index contributed by atoms with van der Waals surface area (Å²) >= 11 is 1.04. The lowest BCUT2D eigenvalue weighted by atomic mass is 10.1. The molecule has 10 heteroatoms. The van der Waals surface area contributed by atoms with Gasteiger partial charge in [-0.25, -0.2) is 4.98 Å². The molecule has 1 aliphatic rings. The fraction of sp³-hybridized carbons (Fsp3) is 0.438. The molecular formula is C16H20N4O5S. The number of anilines is 1. The van der Waals surface area contributed by atoms with Gasteiger partial charge in [-0.05, 0) is 18.6 Å². The molecule has 0 saturated heterocycles. The summed E-state index contributed by atoms with van der Waals surface area (Å²) in [6.07, 6.45) is 2.00. The number of carbonyl (C=O) groups excluding carboxylic acids is 2. The SMILES string of the molecule is CO[C@@H]1[C@H](O)[C@@H](CO)C[C@H]1NC(=O)c1cnc(NC(=O)c2ccc[nH]2)s1. The van der Waals surface area contributed by atoms with Crippen molar-refractivity contribution in [1.82, 2.24) is 15.3 Å². The van der Waals surface area contributed by atoms with Crippen LogP contribution in [0.3, 0.4) is 0 Å². The van der Waals surface area contributed by atoms with Crippen LogP contribution in [0.15, 0.2) is 24.5 Å². The Morgan fingerprint density at radius 2 is 2.27 bits per heavy atom. The number of aliphatic hydroxyl groups excluding tert-OH is 2. The van der Waals surface area contributed by atoms with Gasteiger partial charge in [0.05, 0.1) is 18.3 Å². The number of aromatic nitrogens is 2. The number of nitrogens with one attached hydrogen (secondary N) is 3. The van der Waals surface area contributed by atoms with Gasteiger partial charge in [0.2, 0.25) is 0 Å². The zero-order valence-electron chi connectivity index (χ0n) is 14.0. The molecule has 1 fully saturated rings. The van der Waals surface area contributed by atoms with Gasteiger partial charge in [0.15, 0.2) is 5.13 Å². The second-order valence-corrected chi connectivity index (χ2v) is 7.05. The average molecular weight is 380 g/mol. The molecule has 2 heterocycles. The third kappa shape index (κ3) is 3.78. The number of nitrogens with zero attached hydrogens (tertiary/aromatic N) is 1. The van der Waals surface area contributed by atoms with Gasteiger partial charge in [0.1, 0.15) is 16.7 Å². The highest BCUT2D eigenvalue weighted by Crippen LogP contribution is 2.29. The molecule has 0 aromatic carbocycles. The first-order valence-corrected chi connectivity index (χ1v) is 8.88. The standard InChI is InChI=1S/C16H20N4O5S/c1-25-13-10(5-8(7-21)12(13)22)19-15(24)11-6-18-16(26-11)20-14(23)9-3-2-4-17-9/h2-4,6,8,10,12-13,17,21-22H,5,7H2,1H3,(H,19,24)(H,18,20,23)/t8-,10-,12-,13+/m1/s1. The van der Waals surface area contributed by atoms with Gasteiger partial charge in [0, 0.05) is 25.8 Å². The van der Waals surface area contributed by atoms with E-state index in [-0.39, 0.29) is 24.3 Å². The Labute approximate surface area is 153 Å². The van der Waals surface area contributed by atoms with Crippen molar-refractivity contribution in [2.75, 3.05) is 19.0 Å². The summed E-state index contributed by atoms with van der Waals surface area (Å²) in [6, 6.07) is 2.92. The molecule has 1 aliphatic carbocycles. The number of carbonyl (C=O) groups is 2. The van der Waals surface area contributed by atoms with Crippen molar-refractivity contribution in [2.24, 2.45) is 5.92 Å². The summed E-state index contributed by atoms with van der Waals surface area (Å²) < 4.78 is 5.26. The first-order valence-electron chi connectivity index (χ1n) is 8.06. The van der Waals surface area contributed by atoms with Crippen LogP contribution >= 0.6 is 11.3 Å². The van der Waals surface area contributed by atoms with E-state index in [2.05, 4.69) is 20.6 Å². The minimum absolute atomic E-state index is 0.178. The highest BCUT2D eigenvalue weighted by molar-refractivity contribution is 7.17. The summed E-state index contributed by atoms with van der Waals surface area (Å²) in [5, 5.41) is 25.1. The number of thiazole rings is 1. The number of methoxy groups -OCH3 is 1. The molecule has 4 atom stereocenters. The van der Waals surface area contributed by atoms with Crippen molar-refractivity contribution < 1.29 is 24.5 Å². The van der Waals surface area contributed by atoms with Crippen LogP contribution in [0.25, 0.3) is 0 Å². The largest absolute Gasteiger partial charge is 0.396 e. The second kappa shape index (κ2) is 7.96. The molecule has 2 amide bonds. The molecule has 140 valence electrons. The Morgan fingerprint density at radius 1 is 1.46 bits per heavy atom. The van der Waals surface area contributed by atoms with Crippen LogP contribution in [0.2, 0.25) is 0 Å². The molecule has 3 rings (SSSR count). The van der Waals surface area contributed by atoms with E-state index in [1.165, 1.54) is 13.3 Å². The van der Waals surface area contributed by atoms with Crippen molar-refractivity contribution in [3.63, 3.8) is 0 Å². The maximum atomic E-state index is 12.4. The van der Waals surface area contributed by atoms with E-state index in [4.69, 9.17) is 4.74 Å². The normalized spacial score (nSPS) is 25.2. The van der Waals surface area contributed by atoms with E-state index in [0.717, 1.165) is 11.3 Å². The quantitative estimate of drug-likeness (QED) is 0.486. The second-order valence-electron chi connectivity index (χ2n) is 6.02. The number of hydrogen-bond donors (Lipinski definition) is 5. The van der Waals surface area contributed by atoms with Crippen molar-refractivity contribution in [3.8, 4) is 0 Å². The Kier molecular flexibility index (Phi) is 5.67. The lowest BCUT2D eigenvalue weighted by molar-refractivity contribution is -0.0246. The van der Waals surface area contributed by atoms with Crippen LogP contribution in [0.5, 0.6) is 0 Å². The van der Waals surface area contributed by atoms with E-state index in [1.807, 2.05) is 0 Å². The molecule has 0 bridgehead atoms. The summed E-state index contributed by atoms with van der Waals surface area (Å²) in [5.74, 6) is -1.07. The number of amides is 2. The number of hydrogen-bond acceptors (Lipinski definition) is 7. The molecule has 2 aromatic heterocycles. The average Bonchev–Trinajstić information content (AvgIpc) is 3.35. The summed E-state index contributed by atoms with van der Waals surface area (Å²) in [7, 11) is 1.45. The van der Waals surface area contributed by atoms with Crippen molar-refractivity contribution in [1.29, 1.82) is 0 Å². The molecule has 0 radical (unpaired) electrons. The van der Waals surface area contributed by atoms with Gasteiger partial charge in [-0.2, -0.15) is 0 Å². The van der Waals surface area contributed by atoms with E-state index < -0.39 is 18.2 Å². The monoisotopic (exact) mass is 380 g/mol. The predicted octanol–water partition coefficient (Wildman–Crippen LogP) is 0.210. The van der Waals surface area contributed by atoms with E-state index in [1.54, 1.807) is 18.3 Å². The number of rotatable bonds is 6. The fourth-order valence-corrected chi connectivity index (χ4v) is 3.76. The topological polar surface area (TPSA) is 137 Å². The molecule has 5 N–H and O–H groups in total. The Balaban J connectivity index is 1.62. The van der Waals surface area contributed by atoms with Crippen molar-refractivity contribution in [3.05, 3.63) is 35.1 Å². The van der Waals surface area contributed by atoms with Gasteiger partial charge < -0.3 is 25.3 Å². The zero-order chi connectivity index (χ0) is 18.7. The van der Waals surface area contributed by atoms with Gasteiger partial charge >= 0.3 is 0 Å².